The normalized spacial score (nSPS) is 11.1. The molecular formula is C22H20O6. The second-order valence-corrected chi connectivity index (χ2v) is 6.39. The molecule has 4 rings (SSSR count). The van der Waals surface area contributed by atoms with E-state index in [4.69, 9.17) is 18.9 Å². The van der Waals surface area contributed by atoms with E-state index in [1.165, 1.54) is 0 Å². The van der Waals surface area contributed by atoms with E-state index in [0.717, 1.165) is 32.3 Å². The maximum atomic E-state index is 10.1. The number of hydrogen-bond donors (Lipinski definition) is 2. The Bertz CT molecular complexity index is 1130. The average molecular weight is 380 g/mol. The summed E-state index contributed by atoms with van der Waals surface area (Å²) in [6.07, 6.45) is 0. The van der Waals surface area contributed by atoms with Gasteiger partial charge >= 0.3 is 0 Å². The first-order valence-corrected chi connectivity index (χ1v) is 8.61. The van der Waals surface area contributed by atoms with E-state index in [2.05, 4.69) is 0 Å². The molecule has 0 heterocycles. The lowest BCUT2D eigenvalue weighted by Gasteiger charge is -2.16. The third-order valence-electron chi connectivity index (χ3n) is 5.03. The Labute approximate surface area is 161 Å². The number of phenolic OH excluding ortho intramolecular Hbond substituents is 2. The van der Waals surface area contributed by atoms with Gasteiger partial charge in [0.15, 0.2) is 34.5 Å². The monoisotopic (exact) mass is 380 g/mol. The summed E-state index contributed by atoms with van der Waals surface area (Å²) >= 11 is 0. The minimum atomic E-state index is -0.191. The summed E-state index contributed by atoms with van der Waals surface area (Å²) in [5.74, 6) is 1.95. The summed E-state index contributed by atoms with van der Waals surface area (Å²) in [5, 5.41) is 25.2. The van der Waals surface area contributed by atoms with Crippen LogP contribution in [-0.2, 0) is 0 Å². The quantitative estimate of drug-likeness (QED) is 0.398. The topological polar surface area (TPSA) is 77.4 Å². The Morgan fingerprint density at radius 3 is 0.857 bits per heavy atom. The summed E-state index contributed by atoms with van der Waals surface area (Å²) in [5.41, 5.74) is 0. The van der Waals surface area contributed by atoms with Gasteiger partial charge in [-0.15, -0.1) is 0 Å². The molecule has 0 fully saturated rings. The maximum absolute atomic E-state index is 10.1. The van der Waals surface area contributed by atoms with E-state index in [9.17, 15) is 10.2 Å². The van der Waals surface area contributed by atoms with Crippen LogP contribution < -0.4 is 18.9 Å². The van der Waals surface area contributed by atoms with Crippen molar-refractivity contribution < 1.29 is 29.2 Å². The molecule has 28 heavy (non-hydrogen) atoms. The molecule has 4 aromatic carbocycles. The molecule has 0 bridgehead atoms. The fourth-order valence-electron chi connectivity index (χ4n) is 3.67. The Balaban J connectivity index is 2.31. The number of ether oxygens (including phenoxy) is 4. The van der Waals surface area contributed by atoms with Gasteiger partial charge in [0.05, 0.1) is 28.4 Å². The molecule has 0 radical (unpaired) electrons. The van der Waals surface area contributed by atoms with Crippen molar-refractivity contribution >= 4 is 32.3 Å². The van der Waals surface area contributed by atoms with E-state index < -0.39 is 0 Å². The van der Waals surface area contributed by atoms with Crippen LogP contribution in [0, 0.1) is 0 Å². The fourth-order valence-corrected chi connectivity index (χ4v) is 3.67. The van der Waals surface area contributed by atoms with E-state index in [1.807, 2.05) is 24.3 Å². The first-order chi connectivity index (χ1) is 13.5. The van der Waals surface area contributed by atoms with Crippen molar-refractivity contribution in [1.29, 1.82) is 0 Å². The van der Waals surface area contributed by atoms with Crippen LogP contribution in [0.3, 0.4) is 0 Å². The van der Waals surface area contributed by atoms with Crippen molar-refractivity contribution in [1.82, 2.24) is 0 Å². The highest BCUT2D eigenvalue weighted by Gasteiger charge is 2.17. The Morgan fingerprint density at radius 2 is 0.643 bits per heavy atom. The Kier molecular flexibility index (Phi) is 4.19. The fraction of sp³-hybridized carbons (Fsp3) is 0.182. The summed E-state index contributed by atoms with van der Waals surface area (Å²) in [6, 6.07) is 10.6. The summed E-state index contributed by atoms with van der Waals surface area (Å²) in [7, 11) is 6.31. The van der Waals surface area contributed by atoms with Crippen LogP contribution in [0.4, 0.5) is 0 Å². The maximum Gasteiger partial charge on any atom is 0.161 e. The summed E-state index contributed by atoms with van der Waals surface area (Å²) in [4.78, 5) is 0. The highest BCUT2D eigenvalue weighted by atomic mass is 16.5. The van der Waals surface area contributed by atoms with Crippen LogP contribution in [0.2, 0.25) is 0 Å². The number of hydrogen-bond acceptors (Lipinski definition) is 6. The van der Waals surface area contributed by atoms with Crippen LogP contribution in [-0.4, -0.2) is 38.7 Å². The van der Waals surface area contributed by atoms with Gasteiger partial charge < -0.3 is 29.2 Å². The smallest absolute Gasteiger partial charge is 0.161 e. The molecule has 0 atom stereocenters. The lowest BCUT2D eigenvalue weighted by atomic mass is 9.93. The first-order valence-electron chi connectivity index (χ1n) is 8.61. The zero-order valence-electron chi connectivity index (χ0n) is 16.0. The average Bonchev–Trinajstić information content (AvgIpc) is 2.73. The predicted octanol–water partition coefficient (Wildman–Crippen LogP) is 4.59. The number of fused-ring (bicyclic) bond motifs is 6. The van der Waals surface area contributed by atoms with Gasteiger partial charge in [0, 0.05) is 0 Å². The van der Waals surface area contributed by atoms with Crippen molar-refractivity contribution in [2.75, 3.05) is 28.4 Å². The molecule has 0 spiro atoms. The number of rotatable bonds is 4. The highest BCUT2D eigenvalue weighted by molar-refractivity contribution is 6.26. The number of aromatic hydroxyl groups is 2. The van der Waals surface area contributed by atoms with Crippen LogP contribution >= 0.6 is 0 Å². The standard InChI is InChI=1S/C22H20O6/c1-25-19-7-13-11-5-17(23)18(24)6-12(11)14-8-20(26-2)22(28-4)10-16(14)15(13)9-21(19)27-3/h5-10,23-24H,1-4H3. The van der Waals surface area contributed by atoms with Crippen LogP contribution in [0.25, 0.3) is 32.3 Å². The van der Waals surface area contributed by atoms with E-state index in [-0.39, 0.29) is 11.5 Å². The summed E-state index contributed by atoms with van der Waals surface area (Å²) < 4.78 is 21.9. The van der Waals surface area contributed by atoms with Gasteiger partial charge in [0.1, 0.15) is 0 Å². The zero-order chi connectivity index (χ0) is 20.0. The van der Waals surface area contributed by atoms with Crippen molar-refractivity contribution in [3.63, 3.8) is 0 Å². The number of phenols is 2. The van der Waals surface area contributed by atoms with E-state index in [0.29, 0.717) is 23.0 Å². The van der Waals surface area contributed by atoms with Gasteiger partial charge in [-0.3, -0.25) is 0 Å². The SMILES string of the molecule is COc1cc2c3cc(O)c(O)cc3c3cc(OC)c(OC)cc3c2cc1OC. The minimum absolute atomic E-state index is 0.191. The van der Waals surface area contributed by atoms with Crippen LogP contribution in [0.15, 0.2) is 36.4 Å². The second-order valence-electron chi connectivity index (χ2n) is 6.39. The first kappa shape index (κ1) is 17.9. The van der Waals surface area contributed by atoms with Crippen LogP contribution in [0.1, 0.15) is 0 Å². The molecule has 0 unspecified atom stereocenters. The lowest BCUT2D eigenvalue weighted by Crippen LogP contribution is -1.94. The lowest BCUT2D eigenvalue weighted by molar-refractivity contribution is 0.355. The van der Waals surface area contributed by atoms with Gasteiger partial charge in [-0.1, -0.05) is 0 Å². The molecule has 0 saturated carbocycles. The molecule has 0 aliphatic rings. The van der Waals surface area contributed by atoms with Gasteiger partial charge in [-0.05, 0) is 68.7 Å². The predicted molar refractivity (Wildman–Crippen MR) is 108 cm³/mol. The molecule has 0 aliphatic carbocycles. The van der Waals surface area contributed by atoms with Gasteiger partial charge in [0.25, 0.3) is 0 Å². The van der Waals surface area contributed by atoms with E-state index >= 15 is 0 Å². The molecule has 6 nitrogen and oxygen atoms in total. The number of methoxy groups -OCH3 is 4. The van der Waals surface area contributed by atoms with Gasteiger partial charge in [-0.2, -0.15) is 0 Å². The second kappa shape index (κ2) is 6.56. The highest BCUT2D eigenvalue weighted by Crippen LogP contribution is 2.46. The largest absolute Gasteiger partial charge is 0.504 e. The molecule has 6 heteroatoms. The van der Waals surface area contributed by atoms with Gasteiger partial charge in [0.2, 0.25) is 0 Å². The van der Waals surface area contributed by atoms with Crippen molar-refractivity contribution in [3.05, 3.63) is 36.4 Å². The number of benzene rings is 4. The molecular weight excluding hydrogens is 360 g/mol. The molecule has 144 valence electrons. The zero-order valence-corrected chi connectivity index (χ0v) is 16.0. The Hall–Kier alpha value is -3.54. The van der Waals surface area contributed by atoms with Crippen LogP contribution in [0.5, 0.6) is 34.5 Å². The van der Waals surface area contributed by atoms with Crippen molar-refractivity contribution in [2.45, 2.75) is 0 Å². The summed E-state index contributed by atoms with van der Waals surface area (Å²) in [6.45, 7) is 0. The van der Waals surface area contributed by atoms with Gasteiger partial charge in [-0.25, -0.2) is 0 Å². The minimum Gasteiger partial charge on any atom is -0.504 e. The van der Waals surface area contributed by atoms with Crippen molar-refractivity contribution in [3.8, 4) is 34.5 Å². The third kappa shape index (κ3) is 2.49. The molecule has 0 saturated heterocycles. The Morgan fingerprint density at radius 1 is 0.429 bits per heavy atom. The van der Waals surface area contributed by atoms with Crippen molar-refractivity contribution in [2.24, 2.45) is 0 Å². The molecule has 0 aliphatic heterocycles. The molecule has 2 N–H and O–H groups in total. The molecule has 0 amide bonds. The third-order valence-corrected chi connectivity index (χ3v) is 5.03. The van der Waals surface area contributed by atoms with E-state index in [1.54, 1.807) is 40.6 Å². The molecule has 0 aromatic heterocycles. The molecule has 4 aromatic rings.